The number of nitrogens with zero attached hydrogens (tertiary/aromatic N) is 2. The van der Waals surface area contributed by atoms with E-state index in [1.807, 2.05) is 18.2 Å². The molecule has 0 aromatic carbocycles. The number of Topliss-reactive ketones (excluding diaryl/α,β-unsaturated/α-hetero) is 1. The monoisotopic (exact) mass is 368 g/mol. The number of nitrogens with one attached hydrogen (secondary N) is 2. The van der Waals surface area contributed by atoms with Crippen molar-refractivity contribution in [3.63, 3.8) is 0 Å². The van der Waals surface area contributed by atoms with E-state index in [0.717, 1.165) is 61.7 Å². The van der Waals surface area contributed by atoms with Crippen LogP contribution in [0.15, 0.2) is 29.4 Å². The van der Waals surface area contributed by atoms with Gasteiger partial charge in [-0.2, -0.15) is 5.10 Å². The lowest BCUT2D eigenvalue weighted by Gasteiger charge is -2.27. The first kappa shape index (κ1) is 17.9. The van der Waals surface area contributed by atoms with E-state index in [0.29, 0.717) is 12.1 Å². The highest BCUT2D eigenvalue weighted by molar-refractivity contribution is 5.99. The second kappa shape index (κ2) is 7.62. The average molecular weight is 368 g/mol. The second-order valence-electron chi connectivity index (χ2n) is 7.08. The average Bonchev–Trinajstić information content (AvgIpc) is 3.12. The molecule has 2 N–H and O–H groups in total. The standard InChI is InChI=1S/C20H24N4O3/c1-21-20(26)19-16-11-13-2-3-14(10-15(13)12-17(16)22-23-19)18(25)4-5-24-6-8-27-9-7-24/h2-3,10-11,15H,4-9,12H2,1H3,(H,21,26)(H,22,23). The summed E-state index contributed by atoms with van der Waals surface area (Å²) in [6.07, 6.45) is 9.19. The molecule has 0 bridgehead atoms. The Hall–Kier alpha value is -2.51. The zero-order valence-corrected chi connectivity index (χ0v) is 15.5. The number of ketones is 1. The summed E-state index contributed by atoms with van der Waals surface area (Å²) >= 11 is 0. The summed E-state index contributed by atoms with van der Waals surface area (Å²) in [5, 5.41) is 9.74. The first-order valence-electron chi connectivity index (χ1n) is 9.40. The van der Waals surface area contributed by atoms with Gasteiger partial charge in [-0.1, -0.05) is 18.2 Å². The van der Waals surface area contributed by atoms with Gasteiger partial charge in [0.1, 0.15) is 0 Å². The third-order valence-corrected chi connectivity index (χ3v) is 5.41. The van der Waals surface area contributed by atoms with Crippen molar-refractivity contribution in [2.75, 3.05) is 39.9 Å². The number of morpholine rings is 1. The molecule has 1 saturated heterocycles. The molecule has 142 valence electrons. The predicted molar refractivity (Wildman–Crippen MR) is 101 cm³/mol. The van der Waals surface area contributed by atoms with Crippen molar-refractivity contribution in [3.05, 3.63) is 46.3 Å². The minimum atomic E-state index is -0.197. The van der Waals surface area contributed by atoms with Gasteiger partial charge in [0.15, 0.2) is 11.5 Å². The third kappa shape index (κ3) is 3.65. The number of carbonyl (C=O) groups is 2. The molecule has 2 aliphatic carbocycles. The molecule has 0 spiro atoms. The number of fused-ring (bicyclic) bond motifs is 2. The minimum Gasteiger partial charge on any atom is -0.379 e. The fraction of sp³-hybridized carbons (Fsp3) is 0.450. The summed E-state index contributed by atoms with van der Waals surface area (Å²) in [6.45, 7) is 4.07. The van der Waals surface area contributed by atoms with Gasteiger partial charge >= 0.3 is 0 Å². The summed E-state index contributed by atoms with van der Waals surface area (Å²) in [4.78, 5) is 26.8. The van der Waals surface area contributed by atoms with Crippen LogP contribution in [0.25, 0.3) is 6.08 Å². The van der Waals surface area contributed by atoms with Crippen molar-refractivity contribution in [2.45, 2.75) is 12.8 Å². The van der Waals surface area contributed by atoms with Gasteiger partial charge in [0.05, 0.1) is 13.2 Å². The maximum Gasteiger partial charge on any atom is 0.272 e. The quantitative estimate of drug-likeness (QED) is 0.813. The van der Waals surface area contributed by atoms with Gasteiger partial charge in [-0.25, -0.2) is 0 Å². The number of hydrogen-bond donors (Lipinski definition) is 2. The van der Waals surface area contributed by atoms with E-state index in [-0.39, 0.29) is 17.6 Å². The van der Waals surface area contributed by atoms with Crippen molar-refractivity contribution in [2.24, 2.45) is 5.92 Å². The van der Waals surface area contributed by atoms with Crippen LogP contribution >= 0.6 is 0 Å². The van der Waals surface area contributed by atoms with Crippen molar-refractivity contribution in [3.8, 4) is 0 Å². The molecule has 3 aliphatic rings. The third-order valence-electron chi connectivity index (χ3n) is 5.41. The summed E-state index contributed by atoms with van der Waals surface area (Å²) < 4.78 is 5.35. The van der Waals surface area contributed by atoms with Crippen molar-refractivity contribution >= 4 is 17.8 Å². The fourth-order valence-corrected chi connectivity index (χ4v) is 3.80. The van der Waals surface area contributed by atoms with E-state index in [1.54, 1.807) is 7.05 Å². The molecule has 4 rings (SSSR count). The Balaban J connectivity index is 1.44. The Morgan fingerprint density at radius 3 is 2.93 bits per heavy atom. The molecule has 1 aromatic heterocycles. The molecule has 1 fully saturated rings. The van der Waals surface area contributed by atoms with Gasteiger partial charge in [0.2, 0.25) is 0 Å². The molecule has 7 nitrogen and oxygen atoms in total. The number of H-pyrrole nitrogens is 1. The Morgan fingerprint density at radius 2 is 2.15 bits per heavy atom. The van der Waals surface area contributed by atoms with E-state index >= 15 is 0 Å². The molecule has 1 amide bonds. The molecule has 1 aliphatic heterocycles. The Morgan fingerprint density at radius 1 is 1.33 bits per heavy atom. The molecule has 0 saturated carbocycles. The lowest BCUT2D eigenvalue weighted by molar-refractivity contribution is -0.115. The smallest absolute Gasteiger partial charge is 0.272 e. The molecule has 1 unspecified atom stereocenters. The van der Waals surface area contributed by atoms with Gasteiger partial charge < -0.3 is 10.1 Å². The van der Waals surface area contributed by atoms with Gasteiger partial charge in [0, 0.05) is 62.3 Å². The first-order valence-corrected chi connectivity index (χ1v) is 9.40. The highest BCUT2D eigenvalue weighted by atomic mass is 16.5. The lowest BCUT2D eigenvalue weighted by Crippen LogP contribution is -2.37. The van der Waals surface area contributed by atoms with Crippen LogP contribution in [0.2, 0.25) is 0 Å². The fourth-order valence-electron chi connectivity index (χ4n) is 3.80. The normalized spacial score (nSPS) is 21.7. The van der Waals surface area contributed by atoms with Gasteiger partial charge in [-0.3, -0.25) is 19.6 Å². The first-order chi connectivity index (χ1) is 13.2. The van der Waals surface area contributed by atoms with Crippen LogP contribution in [0.4, 0.5) is 0 Å². The van der Waals surface area contributed by atoms with Crippen LogP contribution in [0.1, 0.15) is 28.2 Å². The molecule has 7 heteroatoms. The zero-order chi connectivity index (χ0) is 18.8. The molecule has 0 radical (unpaired) electrons. The highest BCUT2D eigenvalue weighted by Gasteiger charge is 2.27. The van der Waals surface area contributed by atoms with Crippen LogP contribution in [0.3, 0.4) is 0 Å². The lowest BCUT2D eigenvalue weighted by atomic mass is 9.81. The summed E-state index contributed by atoms with van der Waals surface area (Å²) in [5.74, 6) is 0.123. The van der Waals surface area contributed by atoms with Crippen molar-refractivity contribution < 1.29 is 14.3 Å². The van der Waals surface area contributed by atoms with Gasteiger partial charge in [0.25, 0.3) is 5.91 Å². The topological polar surface area (TPSA) is 87.3 Å². The molecule has 1 aromatic rings. The molecular weight excluding hydrogens is 344 g/mol. The summed E-state index contributed by atoms with van der Waals surface area (Å²) in [7, 11) is 1.60. The van der Waals surface area contributed by atoms with E-state index in [9.17, 15) is 9.59 Å². The number of hydrogen-bond acceptors (Lipinski definition) is 5. The second-order valence-corrected chi connectivity index (χ2v) is 7.08. The SMILES string of the molecule is CNC(=O)c1n[nH]c2c1C=C1C=CC(C(=O)CCN3CCOCC3)=CC1C2. The van der Waals surface area contributed by atoms with Crippen LogP contribution in [-0.2, 0) is 16.0 Å². The van der Waals surface area contributed by atoms with Gasteiger partial charge in [-0.05, 0) is 11.6 Å². The minimum absolute atomic E-state index is 0.142. The summed E-state index contributed by atoms with van der Waals surface area (Å²) in [6, 6.07) is 0. The maximum absolute atomic E-state index is 12.6. The summed E-state index contributed by atoms with van der Waals surface area (Å²) in [5.41, 5.74) is 4.09. The van der Waals surface area contributed by atoms with Gasteiger partial charge in [-0.15, -0.1) is 0 Å². The number of ether oxygens (including phenoxy) is 1. The molecular formula is C20H24N4O3. The Kier molecular flexibility index (Phi) is 5.05. The number of amides is 1. The van der Waals surface area contributed by atoms with E-state index < -0.39 is 0 Å². The Labute approximate surface area is 158 Å². The van der Waals surface area contributed by atoms with Crippen molar-refractivity contribution in [1.29, 1.82) is 0 Å². The van der Waals surface area contributed by atoms with E-state index in [1.165, 1.54) is 0 Å². The maximum atomic E-state index is 12.6. The molecule has 1 atom stereocenters. The Bertz CT molecular complexity index is 843. The van der Waals surface area contributed by atoms with E-state index in [4.69, 9.17) is 4.74 Å². The zero-order valence-electron chi connectivity index (χ0n) is 15.5. The van der Waals surface area contributed by atoms with Crippen LogP contribution in [-0.4, -0.2) is 66.7 Å². The molecule has 27 heavy (non-hydrogen) atoms. The van der Waals surface area contributed by atoms with Crippen LogP contribution < -0.4 is 5.32 Å². The number of allylic oxidation sites excluding steroid dienone is 5. The van der Waals surface area contributed by atoms with Crippen molar-refractivity contribution in [1.82, 2.24) is 20.4 Å². The highest BCUT2D eigenvalue weighted by Crippen LogP contribution is 2.34. The number of rotatable bonds is 5. The number of aromatic amines is 1. The van der Waals surface area contributed by atoms with E-state index in [2.05, 4.69) is 26.5 Å². The van der Waals surface area contributed by atoms with Crippen LogP contribution in [0.5, 0.6) is 0 Å². The number of carbonyl (C=O) groups excluding carboxylic acids is 2. The number of aromatic nitrogens is 2. The predicted octanol–water partition coefficient (Wildman–Crippen LogP) is 1.11. The molecule has 2 heterocycles. The largest absolute Gasteiger partial charge is 0.379 e. The van der Waals surface area contributed by atoms with Crippen LogP contribution in [0, 0.1) is 5.92 Å².